The monoisotopic (exact) mass is 883 g/mol. The second-order valence-corrected chi connectivity index (χ2v) is 16.9. The Morgan fingerprint density at radius 1 is 0.905 bits per heavy atom. The minimum Gasteiger partial charge on any atom is -0.376 e. The first kappa shape index (κ1) is 49.7. The highest BCUT2D eigenvalue weighted by Gasteiger charge is 2.24. The summed E-state index contributed by atoms with van der Waals surface area (Å²) < 4.78 is 0. The van der Waals surface area contributed by atoms with Crippen molar-refractivity contribution < 1.29 is 14.4 Å². The second-order valence-electron chi connectivity index (χ2n) is 14.5. The number of benzene rings is 3. The molecular weight excluding hydrogens is 823 g/mol. The van der Waals surface area contributed by atoms with Gasteiger partial charge in [0.2, 0.25) is 5.91 Å². The highest BCUT2D eigenvalue weighted by Crippen LogP contribution is 2.36. The summed E-state index contributed by atoms with van der Waals surface area (Å²) in [6.07, 6.45) is 17.2. The average molecular weight is 884 g/mol. The summed E-state index contributed by atoms with van der Waals surface area (Å²) in [5, 5.41) is 7.46. The number of nitrogens with two attached hydrogens (primary N) is 1. The molecule has 2 aromatic heterocycles. The lowest BCUT2D eigenvalue weighted by Gasteiger charge is -2.25. The van der Waals surface area contributed by atoms with E-state index in [4.69, 9.17) is 0 Å². The van der Waals surface area contributed by atoms with Gasteiger partial charge in [-0.3, -0.25) is 19.5 Å². The van der Waals surface area contributed by atoms with Crippen LogP contribution in [0.15, 0.2) is 152 Å². The smallest absolute Gasteiger partial charge is 0.252 e. The predicted molar refractivity (Wildman–Crippen MR) is 264 cm³/mol. The number of nitrogens with one attached hydrogen (secondary N) is 2. The quantitative estimate of drug-likeness (QED) is 0.0548. The molecule has 63 heavy (non-hydrogen) atoms. The van der Waals surface area contributed by atoms with E-state index in [0.29, 0.717) is 30.4 Å². The maximum absolute atomic E-state index is 13.0. The van der Waals surface area contributed by atoms with Gasteiger partial charge in [-0.25, -0.2) is 4.98 Å². The minimum atomic E-state index is -0.699. The molecule has 3 aromatic carbocycles. The Kier molecular flexibility index (Phi) is 21.5. The Hall–Kier alpha value is -5.92. The van der Waals surface area contributed by atoms with E-state index in [2.05, 4.69) is 113 Å². The van der Waals surface area contributed by atoms with Crippen LogP contribution in [0, 0.1) is 0 Å². The fourth-order valence-electron chi connectivity index (χ4n) is 6.68. The number of aldehydes is 1. The number of hydrogen-bond acceptors (Lipinski definition) is 10. The molecule has 2 atom stereocenters. The van der Waals surface area contributed by atoms with Crippen LogP contribution in [-0.2, 0) is 22.6 Å². The largest absolute Gasteiger partial charge is 0.376 e. The maximum atomic E-state index is 13.0. The van der Waals surface area contributed by atoms with Crippen molar-refractivity contribution in [3.05, 3.63) is 174 Å². The molecule has 6 rings (SSSR count). The van der Waals surface area contributed by atoms with Gasteiger partial charge in [-0.2, -0.15) is 0 Å². The second kappa shape index (κ2) is 27.2. The van der Waals surface area contributed by atoms with Crippen LogP contribution >= 0.6 is 23.1 Å². The van der Waals surface area contributed by atoms with Crippen LogP contribution in [-0.4, -0.2) is 83.0 Å². The van der Waals surface area contributed by atoms with Gasteiger partial charge in [-0.05, 0) is 85.9 Å². The average Bonchev–Trinajstić information content (AvgIpc) is 4.00. The molecular formula is C51H61N7O3S2. The Balaban J connectivity index is 0.000000348. The van der Waals surface area contributed by atoms with Crippen LogP contribution in [0.4, 0.5) is 0 Å². The lowest BCUT2D eigenvalue weighted by atomic mass is 10.0. The van der Waals surface area contributed by atoms with Gasteiger partial charge in [-0.1, -0.05) is 135 Å². The van der Waals surface area contributed by atoms with Crippen LogP contribution in [0.5, 0.6) is 0 Å². The van der Waals surface area contributed by atoms with Crippen molar-refractivity contribution in [3.8, 4) is 21.6 Å². The van der Waals surface area contributed by atoms with Crippen LogP contribution in [0.2, 0.25) is 0 Å². The number of rotatable bonds is 19. The zero-order valence-electron chi connectivity index (χ0n) is 37.1. The molecule has 0 saturated heterocycles. The molecule has 0 radical (unpaired) electrons. The molecule has 0 fully saturated rings. The van der Waals surface area contributed by atoms with Gasteiger partial charge in [0.1, 0.15) is 17.3 Å². The van der Waals surface area contributed by atoms with Crippen molar-refractivity contribution in [3.63, 3.8) is 0 Å². The van der Waals surface area contributed by atoms with Crippen molar-refractivity contribution in [2.75, 3.05) is 33.7 Å². The third kappa shape index (κ3) is 15.7. The van der Waals surface area contributed by atoms with Crippen LogP contribution in [0.25, 0.3) is 26.5 Å². The molecule has 5 aromatic rings. The number of allylic oxidation sites excluding steroid dienone is 3. The van der Waals surface area contributed by atoms with Crippen LogP contribution in [0.3, 0.4) is 0 Å². The summed E-state index contributed by atoms with van der Waals surface area (Å²) in [6.45, 7) is 13.2. The number of thioether (sulfide) groups is 1. The topological polar surface area (TPSA) is 134 Å². The number of amides is 2. The Labute approximate surface area is 382 Å². The Morgan fingerprint density at radius 3 is 2.14 bits per heavy atom. The van der Waals surface area contributed by atoms with E-state index in [1.165, 1.54) is 51.5 Å². The number of nitrogens with zero attached hydrogens (tertiary/aromatic N) is 4. The fraction of sp³-hybridized carbons (Fsp3) is 0.275. The van der Waals surface area contributed by atoms with E-state index in [1.807, 2.05) is 48.4 Å². The molecule has 0 spiro atoms. The number of pyridine rings is 1. The molecule has 330 valence electrons. The number of aromatic nitrogens is 2. The normalized spacial score (nSPS) is 13.7. The number of carbonyl (C=O) groups is 3. The summed E-state index contributed by atoms with van der Waals surface area (Å²) >= 11 is 3.58. The first-order chi connectivity index (χ1) is 30.7. The van der Waals surface area contributed by atoms with Crippen molar-refractivity contribution in [2.24, 2.45) is 5.73 Å². The zero-order chi connectivity index (χ0) is 45.4. The number of carbonyl (C=O) groups excluding carboxylic acids is 3. The SMILES string of the molecule is C=C/C=C(\C=C/C)[C@@H](C=O)NC(=O)c1ccncc1.CCCN(C)Cc1ncc(-c2ccc(-c3ccc(C4=CNC(CN(CCC)C(=O)Cc5ccccc5)S4)cc3)cc2)s1.CN. The highest BCUT2D eigenvalue weighted by atomic mass is 32.2. The van der Waals surface area contributed by atoms with Gasteiger partial charge >= 0.3 is 0 Å². The van der Waals surface area contributed by atoms with E-state index in [1.54, 1.807) is 59.5 Å². The maximum Gasteiger partial charge on any atom is 0.252 e. The van der Waals surface area contributed by atoms with Crippen molar-refractivity contribution >= 4 is 46.1 Å². The predicted octanol–water partition coefficient (Wildman–Crippen LogP) is 9.40. The summed E-state index contributed by atoms with van der Waals surface area (Å²) in [5.74, 6) is -0.136. The molecule has 4 N–H and O–H groups in total. The molecule has 12 heteroatoms. The van der Waals surface area contributed by atoms with Gasteiger partial charge in [0.15, 0.2) is 0 Å². The zero-order valence-corrected chi connectivity index (χ0v) is 38.7. The van der Waals surface area contributed by atoms with E-state index in [0.717, 1.165) is 43.0 Å². The lowest BCUT2D eigenvalue weighted by molar-refractivity contribution is -0.130. The molecule has 0 aliphatic carbocycles. The molecule has 3 heterocycles. The molecule has 1 aliphatic rings. The van der Waals surface area contributed by atoms with Crippen LogP contribution in [0.1, 0.15) is 60.1 Å². The molecule has 2 amide bonds. The van der Waals surface area contributed by atoms with E-state index < -0.39 is 6.04 Å². The lowest BCUT2D eigenvalue weighted by Crippen LogP contribution is -2.40. The standard InChI is InChI=1S/C35H40N4OS2.C15H16N2O2.CH5N/c1-4-19-38(3)24-33-36-22-31(41-33)29-15-11-27(12-16-29)28-13-17-30(18-14-28)32-23-37-34(42-32)25-39(20-5-2)35(40)21-26-9-7-6-8-10-26;1-3-5-12(6-4-2)14(11-18)17-15(19)13-7-9-16-10-8-13;1-2/h6-18,22-23,34,37H,4-5,19-21,24-25H2,1-3H3;3-11,14H,1H2,2H3,(H,17,19);2H2,1H3/b;6-4-,12-5+;/t;14-;/m.1./s1. The van der Waals surface area contributed by atoms with Gasteiger partial charge in [0.25, 0.3) is 5.91 Å². The van der Waals surface area contributed by atoms with Crippen molar-refractivity contribution in [1.29, 1.82) is 0 Å². The van der Waals surface area contributed by atoms with Crippen molar-refractivity contribution in [2.45, 2.75) is 58.0 Å². The molecule has 10 nitrogen and oxygen atoms in total. The minimum absolute atomic E-state index is 0.151. The first-order valence-electron chi connectivity index (χ1n) is 21.2. The van der Waals surface area contributed by atoms with Gasteiger partial charge in [0, 0.05) is 41.8 Å². The van der Waals surface area contributed by atoms with Gasteiger partial charge in [0.05, 0.1) is 29.8 Å². The van der Waals surface area contributed by atoms with Crippen LogP contribution < -0.4 is 16.4 Å². The van der Waals surface area contributed by atoms with Gasteiger partial charge in [-0.15, -0.1) is 11.3 Å². The van der Waals surface area contributed by atoms with Gasteiger partial charge < -0.3 is 26.1 Å². The van der Waals surface area contributed by atoms with Crippen molar-refractivity contribution in [1.82, 2.24) is 30.4 Å². The van der Waals surface area contributed by atoms with E-state index >= 15 is 0 Å². The highest BCUT2D eigenvalue weighted by molar-refractivity contribution is 8.09. The molecule has 0 saturated carbocycles. The van der Waals surface area contributed by atoms with E-state index in [9.17, 15) is 14.4 Å². The summed E-state index contributed by atoms with van der Waals surface area (Å²) in [6, 6.07) is 30.0. The first-order valence-corrected chi connectivity index (χ1v) is 22.9. The summed E-state index contributed by atoms with van der Waals surface area (Å²) in [5.41, 5.74) is 11.5. The van der Waals surface area contributed by atoms with E-state index in [-0.39, 0.29) is 17.2 Å². The molecule has 1 unspecified atom stereocenters. The summed E-state index contributed by atoms with van der Waals surface area (Å²) in [4.78, 5) is 51.3. The Morgan fingerprint density at radius 2 is 1.54 bits per heavy atom. The fourth-order valence-corrected chi connectivity index (χ4v) is 8.79. The third-order valence-electron chi connectivity index (χ3n) is 9.73. The number of hydrogen-bond donors (Lipinski definition) is 3. The molecule has 1 aliphatic heterocycles. The summed E-state index contributed by atoms with van der Waals surface area (Å²) in [7, 11) is 3.65. The Bertz CT molecular complexity index is 2260. The molecule has 0 bridgehead atoms. The number of thiazole rings is 1. The third-order valence-corrected chi connectivity index (χ3v) is 11.9.